The van der Waals surface area contributed by atoms with E-state index in [1.807, 2.05) is 6.07 Å². The fraction of sp³-hybridized carbons (Fsp3) is 0.429. The highest BCUT2D eigenvalue weighted by Crippen LogP contribution is 2.26. The average molecular weight is 259 g/mol. The number of carbonyl (C=O) groups is 1. The summed E-state index contributed by atoms with van der Waals surface area (Å²) in [6.45, 7) is 1.59. The number of carbonyl (C=O) groups excluding carboxylic acids is 1. The van der Waals surface area contributed by atoms with E-state index in [-0.39, 0.29) is 6.03 Å². The Morgan fingerprint density at radius 2 is 2.11 bits per heavy atom. The van der Waals surface area contributed by atoms with Crippen LogP contribution in [-0.4, -0.2) is 31.1 Å². The molecule has 0 spiro atoms. The number of methoxy groups -OCH3 is 1. The van der Waals surface area contributed by atoms with E-state index >= 15 is 0 Å². The number of nitrogens with one attached hydrogen (secondary N) is 1. The number of hydrogen-bond acceptors (Lipinski definition) is 3. The fourth-order valence-electron chi connectivity index (χ4n) is 2.16. The lowest BCUT2D eigenvalue weighted by Gasteiger charge is -2.27. The quantitative estimate of drug-likeness (QED) is 0.887. The summed E-state index contributed by atoms with van der Waals surface area (Å²) in [6, 6.07) is 6.91. The molecule has 100 valence electrons. The molecule has 1 aromatic rings. The molecule has 1 fully saturated rings. The Labute approximate surface area is 112 Å². The highest BCUT2D eigenvalue weighted by molar-refractivity contribution is 5.91. The first kappa shape index (κ1) is 13.2. The number of nitrogens with zero attached hydrogens (tertiary/aromatic N) is 2. The number of amides is 2. The maximum atomic E-state index is 12.1. The number of anilines is 1. The van der Waals surface area contributed by atoms with E-state index in [0.29, 0.717) is 17.0 Å². The van der Waals surface area contributed by atoms with Crippen molar-refractivity contribution in [2.75, 3.05) is 25.5 Å². The number of hydrogen-bond donors (Lipinski definition) is 1. The number of nitriles is 1. The van der Waals surface area contributed by atoms with Gasteiger partial charge in [0.15, 0.2) is 0 Å². The summed E-state index contributed by atoms with van der Waals surface area (Å²) in [5.74, 6) is 0.504. The second-order valence-corrected chi connectivity index (χ2v) is 4.50. The molecule has 1 N–H and O–H groups in total. The number of benzene rings is 1. The van der Waals surface area contributed by atoms with Gasteiger partial charge in [-0.1, -0.05) is 0 Å². The predicted octanol–water partition coefficient (Wildman–Crippen LogP) is 2.58. The summed E-state index contributed by atoms with van der Waals surface area (Å²) in [5, 5.41) is 11.7. The molecule has 0 saturated carbocycles. The van der Waals surface area contributed by atoms with Crippen molar-refractivity contribution in [1.29, 1.82) is 5.26 Å². The molecule has 1 aliphatic rings. The van der Waals surface area contributed by atoms with Crippen LogP contribution in [0.15, 0.2) is 18.2 Å². The van der Waals surface area contributed by atoms with Crippen LogP contribution in [0.2, 0.25) is 0 Å². The Bertz CT molecular complexity index is 502. The van der Waals surface area contributed by atoms with Crippen LogP contribution in [0.1, 0.15) is 24.8 Å². The van der Waals surface area contributed by atoms with Crippen molar-refractivity contribution < 1.29 is 9.53 Å². The summed E-state index contributed by atoms with van der Waals surface area (Å²) in [6.07, 6.45) is 3.29. The molecule has 1 aromatic carbocycles. The lowest BCUT2D eigenvalue weighted by molar-refractivity contribution is 0.200. The zero-order chi connectivity index (χ0) is 13.7. The van der Waals surface area contributed by atoms with Crippen molar-refractivity contribution in [2.45, 2.75) is 19.3 Å². The second kappa shape index (κ2) is 6.10. The van der Waals surface area contributed by atoms with Gasteiger partial charge in [-0.3, -0.25) is 0 Å². The molecular weight excluding hydrogens is 242 g/mol. The number of ether oxygens (including phenoxy) is 1. The minimum absolute atomic E-state index is 0.109. The van der Waals surface area contributed by atoms with Crippen molar-refractivity contribution in [1.82, 2.24) is 4.90 Å². The van der Waals surface area contributed by atoms with Crippen molar-refractivity contribution in [3.05, 3.63) is 23.8 Å². The highest BCUT2D eigenvalue weighted by Gasteiger charge is 2.17. The zero-order valence-electron chi connectivity index (χ0n) is 11.0. The lowest BCUT2D eigenvalue weighted by atomic mass is 10.1. The van der Waals surface area contributed by atoms with Gasteiger partial charge >= 0.3 is 6.03 Å². The molecule has 19 heavy (non-hydrogen) atoms. The minimum atomic E-state index is -0.109. The van der Waals surface area contributed by atoms with E-state index in [4.69, 9.17) is 10.00 Å². The molecule has 2 rings (SSSR count). The monoisotopic (exact) mass is 259 g/mol. The number of piperidine rings is 1. The third-order valence-electron chi connectivity index (χ3n) is 3.22. The first-order valence-electron chi connectivity index (χ1n) is 6.38. The van der Waals surface area contributed by atoms with Crippen LogP contribution in [0.4, 0.5) is 10.5 Å². The number of rotatable bonds is 2. The van der Waals surface area contributed by atoms with Gasteiger partial charge in [-0.05, 0) is 31.4 Å². The summed E-state index contributed by atoms with van der Waals surface area (Å²) in [5.41, 5.74) is 1.10. The smallest absolute Gasteiger partial charge is 0.321 e. The maximum absolute atomic E-state index is 12.1. The molecule has 0 aliphatic carbocycles. The fourth-order valence-corrected chi connectivity index (χ4v) is 2.16. The summed E-state index contributed by atoms with van der Waals surface area (Å²) in [4.78, 5) is 13.9. The van der Waals surface area contributed by atoms with Gasteiger partial charge in [-0.25, -0.2) is 4.79 Å². The Hall–Kier alpha value is -2.22. The number of likely N-dealkylation sites (tertiary alicyclic amines) is 1. The van der Waals surface area contributed by atoms with E-state index in [0.717, 1.165) is 25.9 Å². The topological polar surface area (TPSA) is 65.4 Å². The van der Waals surface area contributed by atoms with Gasteiger partial charge in [0.1, 0.15) is 5.75 Å². The SMILES string of the molecule is COc1cc(C#N)ccc1NC(=O)N1CCCCC1. The van der Waals surface area contributed by atoms with Crippen LogP contribution < -0.4 is 10.1 Å². The van der Waals surface area contributed by atoms with Gasteiger partial charge in [0.2, 0.25) is 0 Å². The second-order valence-electron chi connectivity index (χ2n) is 4.50. The van der Waals surface area contributed by atoms with Gasteiger partial charge in [0.05, 0.1) is 24.4 Å². The molecule has 0 aromatic heterocycles. The first-order valence-corrected chi connectivity index (χ1v) is 6.38. The van der Waals surface area contributed by atoms with E-state index in [2.05, 4.69) is 5.32 Å². The van der Waals surface area contributed by atoms with Crippen molar-refractivity contribution >= 4 is 11.7 Å². The third kappa shape index (κ3) is 3.16. The largest absolute Gasteiger partial charge is 0.495 e. The lowest BCUT2D eigenvalue weighted by Crippen LogP contribution is -2.38. The Balaban J connectivity index is 2.09. The number of urea groups is 1. The van der Waals surface area contributed by atoms with Gasteiger partial charge in [0, 0.05) is 19.2 Å². The predicted molar refractivity (Wildman–Crippen MR) is 72.2 cm³/mol. The van der Waals surface area contributed by atoms with Gasteiger partial charge in [-0.15, -0.1) is 0 Å². The van der Waals surface area contributed by atoms with Crippen LogP contribution in [0.3, 0.4) is 0 Å². The molecule has 0 bridgehead atoms. The maximum Gasteiger partial charge on any atom is 0.321 e. The summed E-state index contributed by atoms with van der Waals surface area (Å²) >= 11 is 0. The van der Waals surface area contributed by atoms with Gasteiger partial charge < -0.3 is 15.0 Å². The molecule has 1 saturated heterocycles. The molecule has 1 heterocycles. The molecule has 5 heteroatoms. The standard InChI is InChI=1S/C14H17N3O2/c1-19-13-9-11(10-15)5-6-12(13)16-14(18)17-7-3-2-4-8-17/h5-6,9H,2-4,7-8H2,1H3,(H,16,18). The van der Waals surface area contributed by atoms with E-state index in [1.165, 1.54) is 13.5 Å². The highest BCUT2D eigenvalue weighted by atomic mass is 16.5. The molecule has 5 nitrogen and oxygen atoms in total. The molecular formula is C14H17N3O2. The van der Waals surface area contributed by atoms with Gasteiger partial charge in [-0.2, -0.15) is 5.26 Å². The molecule has 2 amide bonds. The molecule has 0 radical (unpaired) electrons. The molecule has 0 atom stereocenters. The minimum Gasteiger partial charge on any atom is -0.495 e. The first-order chi connectivity index (χ1) is 9.24. The van der Waals surface area contributed by atoms with E-state index in [1.54, 1.807) is 23.1 Å². The molecule has 1 aliphatic heterocycles. The normalized spacial score (nSPS) is 14.6. The Morgan fingerprint density at radius 3 is 2.74 bits per heavy atom. The van der Waals surface area contributed by atoms with Crippen LogP contribution >= 0.6 is 0 Å². The average Bonchev–Trinajstić information content (AvgIpc) is 2.48. The van der Waals surface area contributed by atoms with E-state index < -0.39 is 0 Å². The van der Waals surface area contributed by atoms with Crippen LogP contribution in [-0.2, 0) is 0 Å². The summed E-state index contributed by atoms with van der Waals surface area (Å²) < 4.78 is 5.19. The zero-order valence-corrected chi connectivity index (χ0v) is 11.0. The third-order valence-corrected chi connectivity index (χ3v) is 3.22. The van der Waals surface area contributed by atoms with Gasteiger partial charge in [0.25, 0.3) is 0 Å². The molecule has 0 unspecified atom stereocenters. The van der Waals surface area contributed by atoms with Crippen LogP contribution in [0.25, 0.3) is 0 Å². The van der Waals surface area contributed by atoms with Crippen LogP contribution in [0.5, 0.6) is 5.75 Å². The Morgan fingerprint density at radius 1 is 1.37 bits per heavy atom. The van der Waals surface area contributed by atoms with E-state index in [9.17, 15) is 4.79 Å². The summed E-state index contributed by atoms with van der Waals surface area (Å²) in [7, 11) is 1.52. The van der Waals surface area contributed by atoms with Crippen LogP contribution in [0, 0.1) is 11.3 Å². The van der Waals surface area contributed by atoms with Crippen molar-refractivity contribution in [3.8, 4) is 11.8 Å². The Kier molecular flexibility index (Phi) is 4.24. The van der Waals surface area contributed by atoms with Crippen molar-refractivity contribution in [2.24, 2.45) is 0 Å². The van der Waals surface area contributed by atoms with Crippen molar-refractivity contribution in [3.63, 3.8) is 0 Å².